The van der Waals surface area contributed by atoms with Crippen LogP contribution in [0.1, 0.15) is 5.56 Å². The maximum Gasteiger partial charge on any atom is 0.0637 e. The van der Waals surface area contributed by atoms with Crippen molar-refractivity contribution in [2.75, 3.05) is 5.32 Å². The van der Waals surface area contributed by atoms with Crippen LogP contribution in [0, 0.1) is 0 Å². The molecule has 0 saturated heterocycles. The zero-order valence-corrected chi connectivity index (χ0v) is 12.0. The number of hydrogen-bond acceptors (Lipinski definition) is 1. The maximum absolute atomic E-state index is 6.06. The molecule has 0 fully saturated rings. The Morgan fingerprint density at radius 1 is 1.06 bits per heavy atom. The number of benzene rings is 2. The molecule has 0 bridgehead atoms. The molecule has 0 amide bonds. The number of halogens is 3. The molecule has 2 rings (SSSR count). The van der Waals surface area contributed by atoms with E-state index in [4.69, 9.17) is 23.2 Å². The van der Waals surface area contributed by atoms with E-state index in [2.05, 4.69) is 21.2 Å². The molecule has 0 heterocycles. The maximum atomic E-state index is 6.06. The average molecular weight is 331 g/mol. The molecule has 4 heteroatoms. The summed E-state index contributed by atoms with van der Waals surface area (Å²) in [5.74, 6) is 0. The largest absolute Gasteiger partial charge is 0.380 e. The number of anilines is 1. The zero-order chi connectivity index (χ0) is 12.3. The minimum absolute atomic E-state index is 0.696. The molecule has 0 aromatic heterocycles. The molecule has 17 heavy (non-hydrogen) atoms. The minimum Gasteiger partial charge on any atom is -0.380 e. The molecule has 88 valence electrons. The molecular formula is C13H10BrCl2N. The van der Waals surface area contributed by atoms with Crippen LogP contribution >= 0.6 is 39.1 Å². The van der Waals surface area contributed by atoms with Gasteiger partial charge in [-0.05, 0) is 29.8 Å². The third-order valence-electron chi connectivity index (χ3n) is 2.36. The molecule has 0 atom stereocenters. The third kappa shape index (κ3) is 3.38. The second kappa shape index (κ2) is 5.76. The summed E-state index contributed by atoms with van der Waals surface area (Å²) >= 11 is 15.4. The van der Waals surface area contributed by atoms with Gasteiger partial charge in [0.15, 0.2) is 0 Å². The summed E-state index contributed by atoms with van der Waals surface area (Å²) in [4.78, 5) is 0. The lowest BCUT2D eigenvalue weighted by Gasteiger charge is -2.09. The summed E-state index contributed by atoms with van der Waals surface area (Å²) in [5, 5.41) is 4.73. The van der Waals surface area contributed by atoms with Crippen LogP contribution in [0.15, 0.2) is 46.9 Å². The van der Waals surface area contributed by atoms with E-state index in [0.717, 1.165) is 25.8 Å². The Morgan fingerprint density at radius 2 is 1.82 bits per heavy atom. The molecule has 2 aromatic rings. The average Bonchev–Trinajstić information content (AvgIpc) is 2.30. The lowest BCUT2D eigenvalue weighted by atomic mass is 10.2. The van der Waals surface area contributed by atoms with E-state index in [-0.39, 0.29) is 0 Å². The number of hydrogen-bond donors (Lipinski definition) is 1. The van der Waals surface area contributed by atoms with Gasteiger partial charge in [0.05, 0.1) is 10.7 Å². The van der Waals surface area contributed by atoms with Crippen LogP contribution in [-0.4, -0.2) is 0 Å². The van der Waals surface area contributed by atoms with E-state index >= 15 is 0 Å². The molecule has 0 unspecified atom stereocenters. The van der Waals surface area contributed by atoms with E-state index in [1.807, 2.05) is 42.5 Å². The first-order chi connectivity index (χ1) is 8.16. The molecule has 1 N–H and O–H groups in total. The van der Waals surface area contributed by atoms with Gasteiger partial charge in [0.1, 0.15) is 0 Å². The van der Waals surface area contributed by atoms with E-state index in [9.17, 15) is 0 Å². The van der Waals surface area contributed by atoms with Gasteiger partial charge in [0.2, 0.25) is 0 Å². The third-order valence-corrected chi connectivity index (χ3v) is 3.66. The van der Waals surface area contributed by atoms with Gasteiger partial charge in [-0.2, -0.15) is 0 Å². The van der Waals surface area contributed by atoms with Crippen LogP contribution in [0.25, 0.3) is 0 Å². The lowest BCUT2D eigenvalue weighted by molar-refractivity contribution is 1.14. The first-order valence-corrected chi connectivity index (χ1v) is 6.64. The van der Waals surface area contributed by atoms with E-state index in [1.165, 1.54) is 0 Å². The van der Waals surface area contributed by atoms with Crippen molar-refractivity contribution in [3.05, 3.63) is 62.5 Å². The summed E-state index contributed by atoms with van der Waals surface area (Å²) < 4.78 is 0.990. The highest BCUT2D eigenvalue weighted by Crippen LogP contribution is 2.25. The first kappa shape index (κ1) is 12.7. The molecule has 0 saturated carbocycles. The van der Waals surface area contributed by atoms with Gasteiger partial charge in [-0.25, -0.2) is 0 Å². The first-order valence-electron chi connectivity index (χ1n) is 5.09. The van der Waals surface area contributed by atoms with Gasteiger partial charge in [0, 0.05) is 16.0 Å². The Kier molecular flexibility index (Phi) is 4.32. The van der Waals surface area contributed by atoms with Crippen LogP contribution in [0.3, 0.4) is 0 Å². The van der Waals surface area contributed by atoms with Crippen molar-refractivity contribution < 1.29 is 0 Å². The van der Waals surface area contributed by atoms with E-state index < -0.39 is 0 Å². The normalized spacial score (nSPS) is 10.3. The predicted octanol–water partition coefficient (Wildman–Crippen LogP) is 5.37. The van der Waals surface area contributed by atoms with Gasteiger partial charge in [0.25, 0.3) is 0 Å². The molecule has 0 aliphatic carbocycles. The summed E-state index contributed by atoms with van der Waals surface area (Å²) in [6.45, 7) is 0.696. The topological polar surface area (TPSA) is 12.0 Å². The highest BCUT2D eigenvalue weighted by molar-refractivity contribution is 9.10. The molecule has 0 aliphatic rings. The zero-order valence-electron chi connectivity index (χ0n) is 8.88. The second-order valence-corrected chi connectivity index (χ2v) is 5.27. The quantitative estimate of drug-likeness (QED) is 0.797. The predicted molar refractivity (Wildman–Crippen MR) is 77.9 cm³/mol. The van der Waals surface area contributed by atoms with Crippen LogP contribution in [0.2, 0.25) is 10.0 Å². The van der Waals surface area contributed by atoms with Gasteiger partial charge in [-0.1, -0.05) is 57.3 Å². The summed E-state index contributed by atoms with van der Waals surface area (Å²) in [7, 11) is 0. The Morgan fingerprint density at radius 3 is 2.53 bits per heavy atom. The van der Waals surface area contributed by atoms with Gasteiger partial charge in [-0.15, -0.1) is 0 Å². The fourth-order valence-corrected chi connectivity index (χ4v) is 2.49. The summed E-state index contributed by atoms with van der Waals surface area (Å²) in [6.07, 6.45) is 0. The smallest absolute Gasteiger partial charge is 0.0637 e. The van der Waals surface area contributed by atoms with Crippen LogP contribution in [0.4, 0.5) is 5.69 Å². The molecule has 1 nitrogen and oxygen atoms in total. The monoisotopic (exact) mass is 329 g/mol. The van der Waals surface area contributed by atoms with Crippen molar-refractivity contribution in [1.82, 2.24) is 0 Å². The Hall–Kier alpha value is -0.700. The Bertz CT molecular complexity index is 529. The molecule has 0 radical (unpaired) electrons. The van der Waals surface area contributed by atoms with Crippen molar-refractivity contribution in [2.24, 2.45) is 0 Å². The van der Waals surface area contributed by atoms with Crippen molar-refractivity contribution in [3.8, 4) is 0 Å². The lowest BCUT2D eigenvalue weighted by Crippen LogP contribution is -2.00. The Labute approximate surface area is 119 Å². The van der Waals surface area contributed by atoms with Gasteiger partial charge < -0.3 is 5.32 Å². The highest BCUT2D eigenvalue weighted by Gasteiger charge is 2.02. The van der Waals surface area contributed by atoms with Gasteiger partial charge in [-0.3, -0.25) is 0 Å². The van der Waals surface area contributed by atoms with Gasteiger partial charge >= 0.3 is 0 Å². The molecular weight excluding hydrogens is 321 g/mol. The minimum atomic E-state index is 0.696. The van der Waals surface area contributed by atoms with Crippen LogP contribution < -0.4 is 5.32 Å². The number of nitrogens with one attached hydrogen (secondary N) is 1. The molecule has 0 aliphatic heterocycles. The summed E-state index contributed by atoms with van der Waals surface area (Å²) in [6, 6.07) is 13.4. The van der Waals surface area contributed by atoms with Crippen LogP contribution in [-0.2, 0) is 6.54 Å². The SMILES string of the molecule is Clc1ccc(CNc2ccccc2Cl)c(Br)c1. The van der Waals surface area contributed by atoms with Crippen LogP contribution in [0.5, 0.6) is 0 Å². The second-order valence-electron chi connectivity index (χ2n) is 3.57. The fraction of sp³-hybridized carbons (Fsp3) is 0.0769. The number of para-hydroxylation sites is 1. The standard InChI is InChI=1S/C13H10BrCl2N/c14-11-7-10(15)6-5-9(11)8-17-13-4-2-1-3-12(13)16/h1-7,17H,8H2. The van der Waals surface area contributed by atoms with E-state index in [1.54, 1.807) is 0 Å². The number of rotatable bonds is 3. The van der Waals surface area contributed by atoms with Crippen molar-refractivity contribution in [2.45, 2.75) is 6.54 Å². The highest BCUT2D eigenvalue weighted by atomic mass is 79.9. The van der Waals surface area contributed by atoms with Crippen molar-refractivity contribution in [3.63, 3.8) is 0 Å². The molecule has 0 spiro atoms. The Balaban J connectivity index is 2.10. The fourth-order valence-electron chi connectivity index (χ4n) is 1.46. The summed E-state index contributed by atoms with van der Waals surface area (Å²) in [5.41, 5.74) is 2.06. The van der Waals surface area contributed by atoms with Crippen molar-refractivity contribution >= 4 is 44.8 Å². The molecule has 2 aromatic carbocycles. The van der Waals surface area contributed by atoms with E-state index in [0.29, 0.717) is 6.54 Å². The van der Waals surface area contributed by atoms with Crippen molar-refractivity contribution in [1.29, 1.82) is 0 Å².